The lowest BCUT2D eigenvalue weighted by atomic mass is 9.88. The predicted molar refractivity (Wildman–Crippen MR) is 94.5 cm³/mol. The van der Waals surface area contributed by atoms with E-state index in [1.54, 1.807) is 12.1 Å². The van der Waals surface area contributed by atoms with Gasteiger partial charge in [-0.2, -0.15) is 5.10 Å². The SMILES string of the molecule is CC1(C)CC(c2nc(COc3ccc(F)cc3)nn2CCCO)CCO1. The predicted octanol–water partition coefficient (Wildman–Crippen LogP) is 3.05. The van der Waals surface area contributed by atoms with Crippen LogP contribution in [-0.4, -0.2) is 38.7 Å². The van der Waals surface area contributed by atoms with Crippen molar-refractivity contribution in [2.45, 2.75) is 57.8 Å². The fourth-order valence-corrected chi connectivity index (χ4v) is 3.28. The molecule has 1 saturated heterocycles. The Morgan fingerprint density at radius 2 is 2.12 bits per heavy atom. The molecule has 1 aromatic carbocycles. The van der Waals surface area contributed by atoms with Crippen LogP contribution >= 0.6 is 0 Å². The van der Waals surface area contributed by atoms with Crippen LogP contribution in [0.15, 0.2) is 24.3 Å². The van der Waals surface area contributed by atoms with E-state index in [9.17, 15) is 4.39 Å². The molecule has 0 radical (unpaired) electrons. The van der Waals surface area contributed by atoms with Gasteiger partial charge in [0.15, 0.2) is 5.82 Å². The Hall–Kier alpha value is -1.99. The van der Waals surface area contributed by atoms with Gasteiger partial charge in [-0.15, -0.1) is 0 Å². The van der Waals surface area contributed by atoms with Crippen molar-refractivity contribution in [3.8, 4) is 5.75 Å². The van der Waals surface area contributed by atoms with Crippen molar-refractivity contribution in [3.05, 3.63) is 41.7 Å². The molecule has 3 rings (SSSR count). The van der Waals surface area contributed by atoms with Crippen LogP contribution in [0.5, 0.6) is 5.75 Å². The van der Waals surface area contributed by atoms with Gasteiger partial charge in [-0.25, -0.2) is 14.1 Å². The number of halogens is 1. The summed E-state index contributed by atoms with van der Waals surface area (Å²) in [6.45, 7) is 5.83. The zero-order valence-electron chi connectivity index (χ0n) is 15.3. The van der Waals surface area contributed by atoms with Gasteiger partial charge in [-0.3, -0.25) is 0 Å². The van der Waals surface area contributed by atoms with Crippen molar-refractivity contribution in [2.75, 3.05) is 13.2 Å². The van der Waals surface area contributed by atoms with E-state index in [1.165, 1.54) is 12.1 Å². The van der Waals surface area contributed by atoms with Crippen LogP contribution in [0.3, 0.4) is 0 Å². The van der Waals surface area contributed by atoms with Crippen LogP contribution in [0.25, 0.3) is 0 Å². The van der Waals surface area contributed by atoms with Gasteiger partial charge in [0.2, 0.25) is 0 Å². The molecule has 7 heteroatoms. The summed E-state index contributed by atoms with van der Waals surface area (Å²) in [7, 11) is 0. The second-order valence-corrected chi connectivity index (χ2v) is 7.23. The van der Waals surface area contributed by atoms with E-state index in [0.29, 0.717) is 31.1 Å². The standard InChI is InChI=1S/C19H26FN3O3/c1-19(2)12-14(8-11-26-19)18-21-17(22-23(18)9-3-10-24)13-25-16-6-4-15(20)5-7-16/h4-7,14,24H,3,8-13H2,1-2H3. The molecule has 1 N–H and O–H groups in total. The highest BCUT2D eigenvalue weighted by Gasteiger charge is 2.32. The molecule has 2 aromatic rings. The van der Waals surface area contributed by atoms with E-state index >= 15 is 0 Å². The Bertz CT molecular complexity index is 715. The zero-order chi connectivity index (χ0) is 18.6. The summed E-state index contributed by atoms with van der Waals surface area (Å²) < 4.78 is 26.3. The maximum absolute atomic E-state index is 13.0. The first kappa shape index (κ1) is 18.8. The molecule has 0 amide bonds. The summed E-state index contributed by atoms with van der Waals surface area (Å²) in [5.74, 6) is 2.06. The molecular weight excluding hydrogens is 337 g/mol. The molecule has 142 valence electrons. The number of hydrogen-bond donors (Lipinski definition) is 1. The first-order chi connectivity index (χ1) is 12.5. The van der Waals surface area contributed by atoms with Crippen molar-refractivity contribution >= 4 is 0 Å². The Balaban J connectivity index is 1.74. The highest BCUT2D eigenvalue weighted by molar-refractivity contribution is 5.22. The molecule has 26 heavy (non-hydrogen) atoms. The third kappa shape index (κ3) is 4.80. The summed E-state index contributed by atoms with van der Waals surface area (Å²) in [6, 6.07) is 5.89. The quantitative estimate of drug-likeness (QED) is 0.819. The molecule has 0 aliphatic carbocycles. The minimum absolute atomic E-state index is 0.111. The van der Waals surface area contributed by atoms with Gasteiger partial charge in [0.05, 0.1) is 5.60 Å². The first-order valence-electron chi connectivity index (χ1n) is 9.04. The summed E-state index contributed by atoms with van der Waals surface area (Å²) in [5, 5.41) is 13.7. The number of aryl methyl sites for hydroxylation is 1. The van der Waals surface area contributed by atoms with E-state index in [2.05, 4.69) is 18.9 Å². The topological polar surface area (TPSA) is 69.4 Å². The third-order valence-electron chi connectivity index (χ3n) is 4.52. The molecule has 1 fully saturated rings. The van der Waals surface area contributed by atoms with Crippen LogP contribution in [-0.2, 0) is 17.9 Å². The van der Waals surface area contributed by atoms with Crippen LogP contribution in [0, 0.1) is 5.82 Å². The average molecular weight is 363 g/mol. The Morgan fingerprint density at radius 1 is 1.35 bits per heavy atom. The van der Waals surface area contributed by atoms with Gasteiger partial charge in [0, 0.05) is 25.7 Å². The number of ether oxygens (including phenoxy) is 2. The molecule has 1 aromatic heterocycles. The maximum Gasteiger partial charge on any atom is 0.188 e. The van der Waals surface area contributed by atoms with Crippen molar-refractivity contribution in [3.63, 3.8) is 0 Å². The second-order valence-electron chi connectivity index (χ2n) is 7.23. The smallest absolute Gasteiger partial charge is 0.188 e. The number of nitrogens with zero attached hydrogens (tertiary/aromatic N) is 3. The second kappa shape index (κ2) is 8.14. The summed E-state index contributed by atoms with van der Waals surface area (Å²) in [6.07, 6.45) is 2.41. The number of aliphatic hydroxyl groups is 1. The highest BCUT2D eigenvalue weighted by atomic mass is 19.1. The lowest BCUT2D eigenvalue weighted by Crippen LogP contribution is -2.34. The number of benzene rings is 1. The maximum atomic E-state index is 13.0. The lowest BCUT2D eigenvalue weighted by molar-refractivity contribution is -0.0608. The Kier molecular flexibility index (Phi) is 5.88. The number of aliphatic hydroxyl groups excluding tert-OH is 1. The largest absolute Gasteiger partial charge is 0.486 e. The van der Waals surface area contributed by atoms with E-state index < -0.39 is 0 Å². The summed E-state index contributed by atoms with van der Waals surface area (Å²) >= 11 is 0. The van der Waals surface area contributed by atoms with Crippen molar-refractivity contribution in [2.24, 2.45) is 0 Å². The van der Waals surface area contributed by atoms with E-state index in [4.69, 9.17) is 19.6 Å². The summed E-state index contributed by atoms with van der Waals surface area (Å²) in [5.41, 5.74) is -0.179. The molecular formula is C19H26FN3O3. The van der Waals surface area contributed by atoms with Crippen LogP contribution in [0.4, 0.5) is 4.39 Å². The van der Waals surface area contributed by atoms with Gasteiger partial charge in [0.1, 0.15) is 24.0 Å². The molecule has 1 aliphatic rings. The highest BCUT2D eigenvalue weighted by Crippen LogP contribution is 2.35. The minimum Gasteiger partial charge on any atom is -0.486 e. The first-order valence-corrected chi connectivity index (χ1v) is 9.04. The summed E-state index contributed by atoms with van der Waals surface area (Å²) in [4.78, 5) is 4.70. The molecule has 1 unspecified atom stereocenters. The zero-order valence-corrected chi connectivity index (χ0v) is 15.3. The van der Waals surface area contributed by atoms with E-state index in [1.807, 2.05) is 4.68 Å². The number of aromatic nitrogens is 3. The molecule has 0 saturated carbocycles. The average Bonchev–Trinajstić information content (AvgIpc) is 3.02. The molecule has 1 aliphatic heterocycles. The number of hydrogen-bond acceptors (Lipinski definition) is 5. The normalized spacial score (nSPS) is 19.5. The molecule has 0 bridgehead atoms. The molecule has 6 nitrogen and oxygen atoms in total. The van der Waals surface area contributed by atoms with Gasteiger partial charge in [0.25, 0.3) is 0 Å². The molecule has 1 atom stereocenters. The fraction of sp³-hybridized carbons (Fsp3) is 0.579. The van der Waals surface area contributed by atoms with E-state index in [-0.39, 0.29) is 30.5 Å². The lowest BCUT2D eigenvalue weighted by Gasteiger charge is -2.35. The monoisotopic (exact) mass is 363 g/mol. The van der Waals surface area contributed by atoms with Gasteiger partial charge in [-0.05, 0) is 57.4 Å². The Morgan fingerprint density at radius 3 is 2.81 bits per heavy atom. The molecule has 0 spiro atoms. The van der Waals surface area contributed by atoms with Gasteiger partial charge < -0.3 is 14.6 Å². The van der Waals surface area contributed by atoms with Crippen molar-refractivity contribution in [1.82, 2.24) is 14.8 Å². The van der Waals surface area contributed by atoms with Crippen molar-refractivity contribution < 1.29 is 19.0 Å². The fourth-order valence-electron chi connectivity index (χ4n) is 3.28. The van der Waals surface area contributed by atoms with Crippen LogP contribution in [0.2, 0.25) is 0 Å². The Labute approximate surface area is 153 Å². The van der Waals surface area contributed by atoms with Crippen LogP contribution in [0.1, 0.15) is 50.7 Å². The number of rotatable bonds is 7. The molecule has 2 heterocycles. The van der Waals surface area contributed by atoms with Gasteiger partial charge >= 0.3 is 0 Å². The third-order valence-corrected chi connectivity index (χ3v) is 4.52. The van der Waals surface area contributed by atoms with Crippen molar-refractivity contribution in [1.29, 1.82) is 0 Å². The minimum atomic E-state index is -0.298. The van der Waals surface area contributed by atoms with Crippen LogP contribution < -0.4 is 4.74 Å². The van der Waals surface area contributed by atoms with Gasteiger partial charge in [-0.1, -0.05) is 0 Å². The van der Waals surface area contributed by atoms with E-state index in [0.717, 1.165) is 18.7 Å².